The highest BCUT2D eigenvalue weighted by Crippen LogP contribution is 2.33. The number of amides is 2. The minimum atomic E-state index is -0.968. The molecule has 2 N–H and O–H groups in total. The molecule has 3 rings (SSSR count). The van der Waals surface area contributed by atoms with Crippen LogP contribution >= 0.6 is 0 Å². The van der Waals surface area contributed by atoms with E-state index in [1.165, 1.54) is 12.1 Å². The van der Waals surface area contributed by atoms with Crippen LogP contribution in [0.15, 0.2) is 36.4 Å². The van der Waals surface area contributed by atoms with Crippen LogP contribution < -0.4 is 14.8 Å². The second-order valence-corrected chi connectivity index (χ2v) is 6.31. The van der Waals surface area contributed by atoms with Crippen LogP contribution in [0.25, 0.3) is 0 Å². The monoisotopic (exact) mass is 370 g/mol. The van der Waals surface area contributed by atoms with Crippen molar-refractivity contribution in [1.82, 2.24) is 10.2 Å². The van der Waals surface area contributed by atoms with Gasteiger partial charge in [-0.05, 0) is 47.4 Å². The number of ether oxygens (including phenoxy) is 2. The molecule has 0 saturated carbocycles. The van der Waals surface area contributed by atoms with Gasteiger partial charge in [0.25, 0.3) is 0 Å². The van der Waals surface area contributed by atoms with Gasteiger partial charge >= 0.3 is 12.0 Å². The predicted molar refractivity (Wildman–Crippen MR) is 99.3 cm³/mol. The van der Waals surface area contributed by atoms with E-state index in [1.54, 1.807) is 31.3 Å². The quantitative estimate of drug-likeness (QED) is 0.845. The van der Waals surface area contributed by atoms with E-state index < -0.39 is 5.97 Å². The van der Waals surface area contributed by atoms with Crippen LogP contribution in [-0.4, -0.2) is 42.8 Å². The molecule has 0 fully saturated rings. The van der Waals surface area contributed by atoms with Crippen molar-refractivity contribution in [2.24, 2.45) is 0 Å². The number of hydrogen-bond acceptors (Lipinski definition) is 4. The van der Waals surface area contributed by atoms with Crippen LogP contribution in [0.5, 0.6) is 11.5 Å². The van der Waals surface area contributed by atoms with Gasteiger partial charge in [-0.3, -0.25) is 0 Å². The van der Waals surface area contributed by atoms with Crippen molar-refractivity contribution in [1.29, 1.82) is 0 Å². The Morgan fingerprint density at radius 1 is 1.07 bits per heavy atom. The number of rotatable bonds is 5. The molecule has 7 heteroatoms. The molecule has 27 heavy (non-hydrogen) atoms. The molecule has 1 aliphatic rings. The first-order valence-electron chi connectivity index (χ1n) is 8.60. The third-order valence-electron chi connectivity index (χ3n) is 4.65. The number of nitrogens with one attached hydrogen (secondary N) is 1. The highest BCUT2D eigenvalue weighted by atomic mass is 16.5. The van der Waals surface area contributed by atoms with Gasteiger partial charge < -0.3 is 24.8 Å². The normalized spacial score (nSPS) is 12.9. The van der Waals surface area contributed by atoms with Gasteiger partial charge in [0, 0.05) is 19.6 Å². The van der Waals surface area contributed by atoms with E-state index in [0.717, 1.165) is 23.1 Å². The first-order chi connectivity index (χ1) is 13.0. The molecule has 2 amide bonds. The van der Waals surface area contributed by atoms with Gasteiger partial charge in [0.2, 0.25) is 0 Å². The largest absolute Gasteiger partial charge is 0.493 e. The first kappa shape index (κ1) is 18.6. The molecule has 1 heterocycles. The van der Waals surface area contributed by atoms with Crippen LogP contribution in [-0.2, 0) is 19.5 Å². The Morgan fingerprint density at radius 3 is 2.30 bits per heavy atom. The van der Waals surface area contributed by atoms with Crippen molar-refractivity contribution in [2.75, 3.05) is 20.8 Å². The summed E-state index contributed by atoms with van der Waals surface area (Å²) in [5.41, 5.74) is 3.26. The molecule has 0 atom stereocenters. The maximum absolute atomic E-state index is 12.5. The average Bonchev–Trinajstić information content (AvgIpc) is 2.70. The molecular formula is C20H22N2O5. The number of hydrogen-bond donors (Lipinski definition) is 2. The van der Waals surface area contributed by atoms with Gasteiger partial charge in [0.1, 0.15) is 0 Å². The smallest absolute Gasteiger partial charge is 0.335 e. The number of carbonyl (C=O) groups is 2. The lowest BCUT2D eigenvalue weighted by Gasteiger charge is -2.29. The van der Waals surface area contributed by atoms with E-state index in [4.69, 9.17) is 14.6 Å². The van der Waals surface area contributed by atoms with Crippen LogP contribution in [0, 0.1) is 0 Å². The summed E-state index contributed by atoms with van der Waals surface area (Å²) in [7, 11) is 3.20. The predicted octanol–water partition coefficient (Wildman–Crippen LogP) is 2.67. The average molecular weight is 370 g/mol. The molecule has 0 bridgehead atoms. The van der Waals surface area contributed by atoms with Gasteiger partial charge in [-0.1, -0.05) is 12.1 Å². The van der Waals surface area contributed by atoms with Crippen LogP contribution in [0.2, 0.25) is 0 Å². The Kier molecular flexibility index (Phi) is 5.49. The molecule has 7 nitrogen and oxygen atoms in total. The standard InChI is InChI=1S/C20H22N2O5/c1-26-17-9-15-7-8-22(12-16(15)10-18(17)27-2)20(25)21-11-13-3-5-14(6-4-13)19(23)24/h3-6,9-10H,7-8,11-12H2,1-2H3,(H,21,25)(H,23,24). The summed E-state index contributed by atoms with van der Waals surface area (Å²) in [6, 6.07) is 10.2. The fraction of sp³-hybridized carbons (Fsp3) is 0.300. The lowest BCUT2D eigenvalue weighted by molar-refractivity contribution is 0.0697. The van der Waals surface area contributed by atoms with Crippen LogP contribution in [0.1, 0.15) is 27.0 Å². The summed E-state index contributed by atoms with van der Waals surface area (Å²) in [5, 5.41) is 11.8. The van der Waals surface area contributed by atoms with E-state index in [2.05, 4.69) is 5.32 Å². The number of methoxy groups -OCH3 is 2. The molecule has 0 unspecified atom stereocenters. The Bertz CT molecular complexity index is 848. The summed E-state index contributed by atoms with van der Waals surface area (Å²) in [4.78, 5) is 25.1. The van der Waals surface area contributed by atoms with Gasteiger partial charge in [0.15, 0.2) is 11.5 Å². The first-order valence-corrected chi connectivity index (χ1v) is 8.60. The van der Waals surface area contributed by atoms with Gasteiger partial charge in [0.05, 0.1) is 19.8 Å². The third-order valence-corrected chi connectivity index (χ3v) is 4.65. The zero-order valence-electron chi connectivity index (χ0n) is 15.3. The van der Waals surface area contributed by atoms with E-state index >= 15 is 0 Å². The minimum Gasteiger partial charge on any atom is -0.493 e. The minimum absolute atomic E-state index is 0.155. The second-order valence-electron chi connectivity index (χ2n) is 6.31. The molecule has 2 aromatic carbocycles. The van der Waals surface area contributed by atoms with Crippen molar-refractivity contribution < 1.29 is 24.2 Å². The zero-order valence-corrected chi connectivity index (χ0v) is 15.3. The van der Waals surface area contributed by atoms with E-state index in [-0.39, 0.29) is 11.6 Å². The number of aromatic carboxylic acids is 1. The molecule has 2 aromatic rings. The zero-order chi connectivity index (χ0) is 19.4. The van der Waals surface area contributed by atoms with Crippen molar-refractivity contribution in [3.8, 4) is 11.5 Å². The summed E-state index contributed by atoms with van der Waals surface area (Å²) in [6.07, 6.45) is 0.746. The van der Waals surface area contributed by atoms with Crippen molar-refractivity contribution >= 4 is 12.0 Å². The fourth-order valence-electron chi connectivity index (χ4n) is 3.11. The Hall–Kier alpha value is -3.22. The third kappa shape index (κ3) is 4.13. The molecule has 142 valence electrons. The lowest BCUT2D eigenvalue weighted by atomic mass is 9.99. The van der Waals surface area contributed by atoms with Crippen LogP contribution in [0.3, 0.4) is 0 Å². The van der Waals surface area contributed by atoms with E-state index in [0.29, 0.717) is 31.1 Å². The summed E-state index contributed by atoms with van der Waals surface area (Å²) in [5.74, 6) is 0.376. The van der Waals surface area contributed by atoms with Gasteiger partial charge in [-0.2, -0.15) is 0 Å². The highest BCUT2D eigenvalue weighted by Gasteiger charge is 2.22. The molecule has 0 aromatic heterocycles. The van der Waals surface area contributed by atoms with Gasteiger partial charge in [-0.15, -0.1) is 0 Å². The van der Waals surface area contributed by atoms with Crippen molar-refractivity contribution in [3.05, 3.63) is 58.7 Å². The number of carboxylic acids is 1. The van der Waals surface area contributed by atoms with E-state index in [1.807, 2.05) is 12.1 Å². The molecular weight excluding hydrogens is 348 g/mol. The van der Waals surface area contributed by atoms with Crippen molar-refractivity contribution in [3.63, 3.8) is 0 Å². The van der Waals surface area contributed by atoms with Gasteiger partial charge in [-0.25, -0.2) is 9.59 Å². The fourth-order valence-corrected chi connectivity index (χ4v) is 3.11. The summed E-state index contributed by atoms with van der Waals surface area (Å²) in [6.45, 7) is 1.46. The number of urea groups is 1. The molecule has 0 spiro atoms. The number of carbonyl (C=O) groups excluding carboxylic acids is 1. The maximum Gasteiger partial charge on any atom is 0.335 e. The number of nitrogens with zero attached hydrogens (tertiary/aromatic N) is 1. The Morgan fingerprint density at radius 2 is 1.70 bits per heavy atom. The topological polar surface area (TPSA) is 88.1 Å². The molecule has 0 saturated heterocycles. The number of carboxylic acid groups (broad SMARTS) is 1. The summed E-state index contributed by atoms with van der Waals surface area (Å²) >= 11 is 0. The van der Waals surface area contributed by atoms with E-state index in [9.17, 15) is 9.59 Å². The maximum atomic E-state index is 12.5. The lowest BCUT2D eigenvalue weighted by Crippen LogP contribution is -2.42. The second kappa shape index (κ2) is 7.99. The number of fused-ring (bicyclic) bond motifs is 1. The Labute approximate surface area is 157 Å². The molecule has 0 radical (unpaired) electrons. The van der Waals surface area contributed by atoms with Crippen molar-refractivity contribution in [2.45, 2.75) is 19.5 Å². The highest BCUT2D eigenvalue weighted by molar-refractivity contribution is 5.87. The van der Waals surface area contributed by atoms with Crippen LogP contribution in [0.4, 0.5) is 4.79 Å². The number of benzene rings is 2. The SMILES string of the molecule is COc1cc2c(cc1OC)CN(C(=O)NCc1ccc(C(=O)O)cc1)CC2. The Balaban J connectivity index is 1.62. The molecule has 1 aliphatic heterocycles. The summed E-state index contributed by atoms with van der Waals surface area (Å²) < 4.78 is 10.7. The molecule has 0 aliphatic carbocycles.